The second-order valence-electron chi connectivity index (χ2n) is 8.31. The third kappa shape index (κ3) is 2.84. The number of rotatable bonds is 3. The topological polar surface area (TPSA) is 59.8 Å². The summed E-state index contributed by atoms with van der Waals surface area (Å²) < 4.78 is 29.4. The number of aryl methyl sites for hydroxylation is 1. The molecule has 2 heterocycles. The summed E-state index contributed by atoms with van der Waals surface area (Å²) in [5.41, 5.74) is 4.43. The fourth-order valence-electron chi connectivity index (χ4n) is 4.73. The van der Waals surface area contributed by atoms with E-state index in [9.17, 15) is 13.6 Å². The monoisotopic (exact) mass is 416 g/mol. The minimum absolute atomic E-state index is 0.162. The number of pyridine rings is 1. The number of hydrogen-bond acceptors (Lipinski definition) is 3. The Morgan fingerprint density at radius 1 is 1.16 bits per heavy atom. The maximum absolute atomic E-state index is 14.5. The lowest BCUT2D eigenvalue weighted by Gasteiger charge is -2.09. The molecule has 2 aromatic carbocycles. The Kier molecular flexibility index (Phi) is 3.78. The molecular formula is C24H18F2N4O. The Labute approximate surface area is 176 Å². The number of carbonyl (C=O) groups excluding carboxylic acids is 1. The molecule has 2 aliphatic carbocycles. The second kappa shape index (κ2) is 6.44. The molecule has 7 heteroatoms. The molecule has 6 rings (SSSR count). The van der Waals surface area contributed by atoms with Gasteiger partial charge < -0.3 is 5.32 Å². The lowest BCUT2D eigenvalue weighted by molar-refractivity contribution is 0.102. The number of nitrogens with one attached hydrogen (secondary N) is 1. The quantitative estimate of drug-likeness (QED) is 0.516. The van der Waals surface area contributed by atoms with E-state index in [4.69, 9.17) is 0 Å². The number of hydrogen-bond donors (Lipinski definition) is 1. The third-order valence-electron chi connectivity index (χ3n) is 6.21. The number of aromatic nitrogens is 3. The van der Waals surface area contributed by atoms with Crippen molar-refractivity contribution in [3.63, 3.8) is 0 Å². The van der Waals surface area contributed by atoms with Crippen molar-refractivity contribution in [3.05, 3.63) is 82.8 Å². The molecule has 0 spiro atoms. The van der Waals surface area contributed by atoms with Gasteiger partial charge in [0, 0.05) is 28.6 Å². The van der Waals surface area contributed by atoms with Crippen LogP contribution in [0.4, 0.5) is 14.5 Å². The largest absolute Gasteiger partial charge is 0.320 e. The van der Waals surface area contributed by atoms with Crippen molar-refractivity contribution in [3.8, 4) is 5.69 Å². The van der Waals surface area contributed by atoms with Gasteiger partial charge in [-0.25, -0.2) is 13.5 Å². The van der Waals surface area contributed by atoms with E-state index in [2.05, 4.69) is 15.4 Å². The van der Waals surface area contributed by atoms with E-state index in [0.717, 1.165) is 46.8 Å². The molecule has 31 heavy (non-hydrogen) atoms. The summed E-state index contributed by atoms with van der Waals surface area (Å²) in [7, 11) is 0. The Balaban J connectivity index is 1.44. The maximum Gasteiger partial charge on any atom is 0.276 e. The van der Waals surface area contributed by atoms with Crippen LogP contribution >= 0.6 is 0 Å². The summed E-state index contributed by atoms with van der Waals surface area (Å²) in [5, 5.41) is 8.31. The van der Waals surface area contributed by atoms with E-state index in [-0.39, 0.29) is 17.5 Å². The van der Waals surface area contributed by atoms with Crippen LogP contribution in [0, 0.1) is 24.5 Å². The van der Waals surface area contributed by atoms with E-state index >= 15 is 0 Å². The minimum Gasteiger partial charge on any atom is -0.320 e. The van der Waals surface area contributed by atoms with E-state index in [1.165, 1.54) is 16.8 Å². The standard InChI is InChI=1S/C24H18F2N4O/c1-12-8-20(15-4-2-3-5-19(15)27-12)28-24(31)22-17-10-13-9-16(13)23(17)30(29-22)21-7-6-14(25)11-18(21)26/h2-8,11,13,16H,9-10H2,1H3,(H,27,28,31)/t13-,16-/m1/s1. The van der Waals surface area contributed by atoms with E-state index in [1.54, 1.807) is 0 Å². The molecule has 0 saturated heterocycles. The second-order valence-corrected chi connectivity index (χ2v) is 8.31. The molecule has 1 fully saturated rings. The zero-order chi connectivity index (χ0) is 21.3. The number of benzene rings is 2. The molecule has 0 radical (unpaired) electrons. The Morgan fingerprint density at radius 3 is 2.84 bits per heavy atom. The van der Waals surface area contributed by atoms with Crippen LogP contribution in [0.2, 0.25) is 0 Å². The van der Waals surface area contributed by atoms with E-state index in [1.807, 2.05) is 37.3 Å². The Hall–Kier alpha value is -3.61. The normalized spacial score (nSPS) is 18.7. The molecular weight excluding hydrogens is 398 g/mol. The average Bonchev–Trinajstić information content (AvgIpc) is 3.24. The van der Waals surface area contributed by atoms with Gasteiger partial charge in [-0.15, -0.1) is 0 Å². The first-order valence-electron chi connectivity index (χ1n) is 10.2. The van der Waals surface area contributed by atoms with Gasteiger partial charge in [0.25, 0.3) is 5.91 Å². The van der Waals surface area contributed by atoms with Crippen molar-refractivity contribution in [2.45, 2.75) is 25.7 Å². The van der Waals surface area contributed by atoms with Crippen LogP contribution in [0.5, 0.6) is 0 Å². The molecule has 0 bridgehead atoms. The van der Waals surface area contributed by atoms with Gasteiger partial charge in [-0.2, -0.15) is 5.10 Å². The molecule has 1 amide bonds. The zero-order valence-corrected chi connectivity index (χ0v) is 16.7. The Bertz CT molecular complexity index is 1390. The smallest absolute Gasteiger partial charge is 0.276 e. The van der Waals surface area contributed by atoms with Crippen LogP contribution in [0.25, 0.3) is 16.6 Å². The minimum atomic E-state index is -0.697. The predicted octanol–water partition coefficient (Wildman–Crippen LogP) is 4.92. The summed E-state index contributed by atoms with van der Waals surface area (Å²) >= 11 is 0. The summed E-state index contributed by atoms with van der Waals surface area (Å²) in [5.74, 6) is -0.935. The number of carbonyl (C=O) groups is 1. The van der Waals surface area contributed by atoms with Gasteiger partial charge in [0.2, 0.25) is 0 Å². The van der Waals surface area contributed by atoms with Gasteiger partial charge in [-0.05, 0) is 49.9 Å². The van der Waals surface area contributed by atoms with Crippen LogP contribution < -0.4 is 5.32 Å². The number of halogens is 2. The molecule has 0 unspecified atom stereocenters. The van der Waals surface area contributed by atoms with Crippen molar-refractivity contribution in [2.75, 3.05) is 5.32 Å². The van der Waals surface area contributed by atoms with Crippen molar-refractivity contribution in [1.29, 1.82) is 0 Å². The van der Waals surface area contributed by atoms with Crippen molar-refractivity contribution in [2.24, 2.45) is 5.92 Å². The van der Waals surface area contributed by atoms with Crippen LogP contribution in [0.15, 0.2) is 48.5 Å². The van der Waals surface area contributed by atoms with Gasteiger partial charge in [0.15, 0.2) is 11.5 Å². The molecule has 154 valence electrons. The van der Waals surface area contributed by atoms with E-state index < -0.39 is 11.6 Å². The summed E-state index contributed by atoms with van der Waals surface area (Å²) in [4.78, 5) is 17.8. The maximum atomic E-state index is 14.5. The van der Waals surface area contributed by atoms with Gasteiger partial charge >= 0.3 is 0 Å². The fraction of sp³-hybridized carbons (Fsp3) is 0.208. The lowest BCUT2D eigenvalue weighted by atomic mass is 10.1. The van der Waals surface area contributed by atoms with Crippen molar-refractivity contribution >= 4 is 22.5 Å². The molecule has 2 atom stereocenters. The number of anilines is 1. The highest BCUT2D eigenvalue weighted by Gasteiger charge is 2.50. The summed E-state index contributed by atoms with van der Waals surface area (Å²) in [6.07, 6.45) is 1.76. The van der Waals surface area contributed by atoms with Crippen molar-refractivity contribution < 1.29 is 13.6 Å². The first kappa shape index (κ1) is 18.2. The number of nitrogens with zero attached hydrogens (tertiary/aromatic N) is 3. The molecule has 5 nitrogen and oxygen atoms in total. The van der Waals surface area contributed by atoms with Crippen LogP contribution in [-0.2, 0) is 6.42 Å². The first-order valence-corrected chi connectivity index (χ1v) is 10.2. The van der Waals surface area contributed by atoms with Gasteiger partial charge in [0.05, 0.1) is 16.9 Å². The molecule has 2 aliphatic rings. The number of amides is 1. The lowest BCUT2D eigenvalue weighted by Crippen LogP contribution is -2.16. The molecule has 1 N–H and O–H groups in total. The molecule has 0 aliphatic heterocycles. The molecule has 2 aromatic heterocycles. The molecule has 1 saturated carbocycles. The summed E-state index contributed by atoms with van der Waals surface area (Å²) in [6, 6.07) is 12.8. The number of para-hydroxylation sites is 1. The zero-order valence-electron chi connectivity index (χ0n) is 16.7. The Morgan fingerprint density at radius 2 is 2.00 bits per heavy atom. The third-order valence-corrected chi connectivity index (χ3v) is 6.21. The van der Waals surface area contributed by atoms with Crippen LogP contribution in [0.3, 0.4) is 0 Å². The fourth-order valence-corrected chi connectivity index (χ4v) is 4.73. The van der Waals surface area contributed by atoms with Crippen LogP contribution in [0.1, 0.15) is 39.8 Å². The highest BCUT2D eigenvalue weighted by atomic mass is 19.1. The highest BCUT2D eigenvalue weighted by Crippen LogP contribution is 2.57. The van der Waals surface area contributed by atoms with E-state index in [0.29, 0.717) is 17.3 Å². The average molecular weight is 416 g/mol. The van der Waals surface area contributed by atoms with Gasteiger partial charge in [-0.1, -0.05) is 18.2 Å². The highest BCUT2D eigenvalue weighted by molar-refractivity contribution is 6.08. The van der Waals surface area contributed by atoms with Crippen molar-refractivity contribution in [1.82, 2.24) is 14.8 Å². The SMILES string of the molecule is Cc1cc(NC(=O)c2nn(-c3ccc(F)cc3F)c3c2C[C@H]2C[C@@H]32)c2ccccc2n1. The van der Waals surface area contributed by atoms with Gasteiger partial charge in [-0.3, -0.25) is 9.78 Å². The van der Waals surface area contributed by atoms with Crippen LogP contribution in [-0.4, -0.2) is 20.7 Å². The number of fused-ring (bicyclic) bond motifs is 4. The molecule has 4 aromatic rings. The van der Waals surface area contributed by atoms with Gasteiger partial charge in [0.1, 0.15) is 11.5 Å². The predicted molar refractivity (Wildman–Crippen MR) is 112 cm³/mol. The first-order chi connectivity index (χ1) is 15.0. The summed E-state index contributed by atoms with van der Waals surface area (Å²) in [6.45, 7) is 1.87.